The van der Waals surface area contributed by atoms with E-state index < -0.39 is 0 Å². The quantitative estimate of drug-likeness (QED) is 0.434. The molecule has 0 aromatic carbocycles. The molecule has 0 saturated heterocycles. The molecule has 0 radical (unpaired) electrons. The van der Waals surface area contributed by atoms with Crippen molar-refractivity contribution in [1.82, 2.24) is 0 Å². The highest BCUT2D eigenvalue weighted by Gasteiger charge is 2.00. The van der Waals surface area contributed by atoms with Gasteiger partial charge in [-0.2, -0.15) is 0 Å². The third-order valence-electron chi connectivity index (χ3n) is 3.01. The standard InChI is InChI=1S/C14H30/c1-5-10-14(4)12-9-7-6-8-11-13(2)3/h13-14H,5-12H2,1-4H3. The van der Waals surface area contributed by atoms with E-state index in [1.165, 1.54) is 51.4 Å². The highest BCUT2D eigenvalue weighted by atomic mass is 14.1. The van der Waals surface area contributed by atoms with Crippen molar-refractivity contribution in [2.75, 3.05) is 0 Å². The number of unbranched alkanes of at least 4 members (excludes halogenated alkanes) is 3. The zero-order valence-corrected chi connectivity index (χ0v) is 10.8. The van der Waals surface area contributed by atoms with Crippen LogP contribution in [0.15, 0.2) is 0 Å². The van der Waals surface area contributed by atoms with Gasteiger partial charge in [0.1, 0.15) is 0 Å². The van der Waals surface area contributed by atoms with Crippen LogP contribution in [0.4, 0.5) is 0 Å². The van der Waals surface area contributed by atoms with Crippen LogP contribution >= 0.6 is 0 Å². The zero-order valence-electron chi connectivity index (χ0n) is 10.8. The Balaban J connectivity index is 3.05. The van der Waals surface area contributed by atoms with Gasteiger partial charge in [-0.3, -0.25) is 0 Å². The van der Waals surface area contributed by atoms with E-state index in [-0.39, 0.29) is 0 Å². The van der Waals surface area contributed by atoms with Gasteiger partial charge in [-0.05, 0) is 11.8 Å². The van der Waals surface area contributed by atoms with E-state index >= 15 is 0 Å². The first kappa shape index (κ1) is 14.0. The maximum absolute atomic E-state index is 2.40. The molecule has 1 unspecified atom stereocenters. The Morgan fingerprint density at radius 2 is 1.29 bits per heavy atom. The van der Waals surface area contributed by atoms with Crippen molar-refractivity contribution in [1.29, 1.82) is 0 Å². The molecule has 0 aromatic rings. The molecule has 86 valence electrons. The molecule has 0 N–H and O–H groups in total. The predicted molar refractivity (Wildman–Crippen MR) is 66.6 cm³/mol. The molecule has 0 aliphatic carbocycles. The van der Waals surface area contributed by atoms with Crippen LogP contribution in [-0.2, 0) is 0 Å². The molecule has 1 atom stereocenters. The van der Waals surface area contributed by atoms with Gasteiger partial charge in [0.05, 0.1) is 0 Å². The summed E-state index contributed by atoms with van der Waals surface area (Å²) in [4.78, 5) is 0. The van der Waals surface area contributed by atoms with Gasteiger partial charge in [-0.15, -0.1) is 0 Å². The first-order chi connectivity index (χ1) is 6.66. The highest BCUT2D eigenvalue weighted by molar-refractivity contribution is 4.53. The monoisotopic (exact) mass is 198 g/mol. The van der Waals surface area contributed by atoms with E-state index in [1.807, 2.05) is 0 Å². The summed E-state index contributed by atoms with van der Waals surface area (Å²) in [5.41, 5.74) is 0. The maximum Gasteiger partial charge on any atom is -0.0443 e. The van der Waals surface area contributed by atoms with Gasteiger partial charge >= 0.3 is 0 Å². The van der Waals surface area contributed by atoms with E-state index in [4.69, 9.17) is 0 Å². The molecular weight excluding hydrogens is 168 g/mol. The fraction of sp³-hybridized carbons (Fsp3) is 1.00. The first-order valence-electron chi connectivity index (χ1n) is 6.66. The molecule has 0 saturated carbocycles. The Kier molecular flexibility index (Phi) is 9.55. The Bertz CT molecular complexity index is 105. The summed E-state index contributed by atoms with van der Waals surface area (Å²) in [6.45, 7) is 9.34. The predicted octanol–water partition coefficient (Wildman–Crippen LogP) is 5.42. The summed E-state index contributed by atoms with van der Waals surface area (Å²) in [6, 6.07) is 0. The van der Waals surface area contributed by atoms with Gasteiger partial charge in [0.15, 0.2) is 0 Å². The van der Waals surface area contributed by atoms with E-state index in [9.17, 15) is 0 Å². The average Bonchev–Trinajstić information content (AvgIpc) is 2.11. The zero-order chi connectivity index (χ0) is 10.8. The van der Waals surface area contributed by atoms with Crippen molar-refractivity contribution < 1.29 is 0 Å². The number of hydrogen-bond acceptors (Lipinski definition) is 0. The minimum atomic E-state index is 0.897. The van der Waals surface area contributed by atoms with Crippen molar-refractivity contribution in [2.24, 2.45) is 11.8 Å². The van der Waals surface area contributed by atoms with Crippen molar-refractivity contribution in [3.63, 3.8) is 0 Å². The smallest absolute Gasteiger partial charge is 0.0443 e. The first-order valence-corrected chi connectivity index (χ1v) is 6.66. The van der Waals surface area contributed by atoms with Crippen molar-refractivity contribution in [3.05, 3.63) is 0 Å². The normalized spacial score (nSPS) is 13.5. The van der Waals surface area contributed by atoms with E-state index in [1.54, 1.807) is 0 Å². The fourth-order valence-corrected chi connectivity index (χ4v) is 2.04. The van der Waals surface area contributed by atoms with Gasteiger partial charge in [0.25, 0.3) is 0 Å². The van der Waals surface area contributed by atoms with Crippen LogP contribution in [0.5, 0.6) is 0 Å². The average molecular weight is 198 g/mol. The van der Waals surface area contributed by atoms with Gasteiger partial charge in [0, 0.05) is 0 Å². The van der Waals surface area contributed by atoms with Crippen molar-refractivity contribution >= 4 is 0 Å². The minimum Gasteiger partial charge on any atom is -0.0654 e. The van der Waals surface area contributed by atoms with Gasteiger partial charge in [-0.1, -0.05) is 79.1 Å². The van der Waals surface area contributed by atoms with Gasteiger partial charge in [0.2, 0.25) is 0 Å². The summed E-state index contributed by atoms with van der Waals surface area (Å²) < 4.78 is 0. The van der Waals surface area contributed by atoms with E-state index in [2.05, 4.69) is 27.7 Å². The van der Waals surface area contributed by atoms with Crippen molar-refractivity contribution in [2.45, 2.75) is 79.1 Å². The third kappa shape index (κ3) is 10.1. The molecule has 0 rings (SSSR count). The largest absolute Gasteiger partial charge is 0.0654 e. The fourth-order valence-electron chi connectivity index (χ4n) is 2.04. The molecule has 14 heavy (non-hydrogen) atoms. The van der Waals surface area contributed by atoms with Crippen LogP contribution in [0.25, 0.3) is 0 Å². The molecule has 0 bridgehead atoms. The molecule has 0 aliphatic heterocycles. The second-order valence-corrected chi connectivity index (χ2v) is 5.28. The maximum atomic E-state index is 2.40. The number of hydrogen-bond donors (Lipinski definition) is 0. The van der Waals surface area contributed by atoms with Crippen LogP contribution in [0.1, 0.15) is 79.1 Å². The topological polar surface area (TPSA) is 0 Å². The summed E-state index contributed by atoms with van der Waals surface area (Å²) in [6.07, 6.45) is 11.5. The van der Waals surface area contributed by atoms with Crippen molar-refractivity contribution in [3.8, 4) is 0 Å². The lowest BCUT2D eigenvalue weighted by molar-refractivity contribution is 0.445. The van der Waals surface area contributed by atoms with E-state index in [0.717, 1.165) is 11.8 Å². The molecular formula is C14H30. The third-order valence-corrected chi connectivity index (χ3v) is 3.01. The van der Waals surface area contributed by atoms with Crippen LogP contribution < -0.4 is 0 Å². The molecule has 0 fully saturated rings. The molecule has 0 heterocycles. The Morgan fingerprint density at radius 1 is 0.714 bits per heavy atom. The number of rotatable bonds is 9. The minimum absolute atomic E-state index is 0.897. The molecule has 0 amide bonds. The Morgan fingerprint density at radius 3 is 1.79 bits per heavy atom. The molecule has 0 heteroatoms. The summed E-state index contributed by atoms with van der Waals surface area (Å²) in [5.74, 6) is 1.86. The second kappa shape index (κ2) is 9.55. The summed E-state index contributed by atoms with van der Waals surface area (Å²) in [5, 5.41) is 0. The lowest BCUT2D eigenvalue weighted by Crippen LogP contribution is -1.94. The second-order valence-electron chi connectivity index (χ2n) is 5.28. The molecule has 0 nitrogen and oxygen atoms in total. The molecule has 0 spiro atoms. The SMILES string of the molecule is CCCC(C)CCCCCCC(C)C. The molecule has 0 aromatic heterocycles. The van der Waals surface area contributed by atoms with Gasteiger partial charge < -0.3 is 0 Å². The summed E-state index contributed by atoms with van der Waals surface area (Å²) in [7, 11) is 0. The van der Waals surface area contributed by atoms with E-state index in [0.29, 0.717) is 0 Å². The lowest BCUT2D eigenvalue weighted by Gasteiger charge is -2.09. The molecule has 0 aliphatic rings. The van der Waals surface area contributed by atoms with Crippen LogP contribution in [0.2, 0.25) is 0 Å². The lowest BCUT2D eigenvalue weighted by atomic mass is 9.97. The Labute approximate surface area is 91.5 Å². The summed E-state index contributed by atoms with van der Waals surface area (Å²) >= 11 is 0. The van der Waals surface area contributed by atoms with Crippen LogP contribution in [-0.4, -0.2) is 0 Å². The highest BCUT2D eigenvalue weighted by Crippen LogP contribution is 2.16. The Hall–Kier alpha value is 0. The van der Waals surface area contributed by atoms with Gasteiger partial charge in [-0.25, -0.2) is 0 Å². The van der Waals surface area contributed by atoms with Crippen LogP contribution in [0.3, 0.4) is 0 Å². The van der Waals surface area contributed by atoms with Crippen LogP contribution in [0, 0.1) is 11.8 Å².